The zero-order valence-electron chi connectivity index (χ0n) is 13.6. The van der Waals surface area contributed by atoms with Crippen molar-refractivity contribution in [2.75, 3.05) is 12.8 Å². The molecule has 6 heteroatoms. The standard InChI is InChI=1S/C17H24FNO3S/c1-13(23(2,21)22)16(20)19-12-17(10-4-3-5-11-17)14-6-8-15(18)9-7-14/h6-9,13H,3-5,10-12H2,1-2H3,(H,19,20)/t13-/m1/s1. The van der Waals surface area contributed by atoms with Crippen molar-refractivity contribution in [1.82, 2.24) is 5.32 Å². The van der Waals surface area contributed by atoms with Crippen LogP contribution in [0.1, 0.15) is 44.6 Å². The lowest BCUT2D eigenvalue weighted by Crippen LogP contribution is -2.46. The van der Waals surface area contributed by atoms with E-state index >= 15 is 0 Å². The maximum absolute atomic E-state index is 13.2. The number of nitrogens with one attached hydrogen (secondary N) is 1. The van der Waals surface area contributed by atoms with Crippen molar-refractivity contribution in [2.24, 2.45) is 0 Å². The summed E-state index contributed by atoms with van der Waals surface area (Å²) in [6.45, 7) is 1.79. The lowest BCUT2D eigenvalue weighted by Gasteiger charge is -2.38. The van der Waals surface area contributed by atoms with Crippen LogP contribution in [0.4, 0.5) is 4.39 Å². The molecule has 0 spiro atoms. The molecule has 2 rings (SSSR count). The summed E-state index contributed by atoms with van der Waals surface area (Å²) in [5, 5.41) is 1.74. The number of rotatable bonds is 5. The molecule has 0 aliphatic heterocycles. The third kappa shape index (κ3) is 4.31. The first-order valence-electron chi connectivity index (χ1n) is 7.97. The molecule has 0 unspecified atom stereocenters. The van der Waals surface area contributed by atoms with Gasteiger partial charge in [-0.15, -0.1) is 0 Å². The molecule has 0 bridgehead atoms. The molecule has 23 heavy (non-hydrogen) atoms. The smallest absolute Gasteiger partial charge is 0.238 e. The maximum atomic E-state index is 13.2. The summed E-state index contributed by atoms with van der Waals surface area (Å²) in [6.07, 6.45) is 6.13. The molecule has 1 atom stereocenters. The molecular formula is C17H24FNO3S. The molecule has 1 aliphatic rings. The van der Waals surface area contributed by atoms with Crippen molar-refractivity contribution in [3.05, 3.63) is 35.6 Å². The maximum Gasteiger partial charge on any atom is 0.238 e. The monoisotopic (exact) mass is 341 g/mol. The van der Waals surface area contributed by atoms with Gasteiger partial charge in [0.1, 0.15) is 11.1 Å². The van der Waals surface area contributed by atoms with Crippen molar-refractivity contribution in [3.8, 4) is 0 Å². The van der Waals surface area contributed by atoms with Gasteiger partial charge in [-0.3, -0.25) is 4.79 Å². The van der Waals surface area contributed by atoms with Crippen LogP contribution in [0, 0.1) is 5.82 Å². The van der Waals surface area contributed by atoms with Gasteiger partial charge in [0.25, 0.3) is 0 Å². The average molecular weight is 341 g/mol. The highest BCUT2D eigenvalue weighted by molar-refractivity contribution is 7.92. The summed E-state index contributed by atoms with van der Waals surface area (Å²) in [5.41, 5.74) is 0.768. The Morgan fingerprint density at radius 3 is 2.30 bits per heavy atom. The number of sulfone groups is 1. The Morgan fingerprint density at radius 1 is 1.22 bits per heavy atom. The van der Waals surface area contributed by atoms with Crippen LogP contribution in [0.25, 0.3) is 0 Å². The highest BCUT2D eigenvalue weighted by Crippen LogP contribution is 2.39. The minimum absolute atomic E-state index is 0.237. The van der Waals surface area contributed by atoms with E-state index in [-0.39, 0.29) is 11.2 Å². The lowest BCUT2D eigenvalue weighted by molar-refractivity contribution is -0.120. The molecule has 4 nitrogen and oxygen atoms in total. The van der Waals surface area contributed by atoms with Crippen molar-refractivity contribution in [3.63, 3.8) is 0 Å². The lowest BCUT2D eigenvalue weighted by atomic mass is 9.69. The summed E-state index contributed by atoms with van der Waals surface area (Å²) < 4.78 is 36.2. The minimum Gasteiger partial charge on any atom is -0.354 e. The molecule has 1 aromatic rings. The topological polar surface area (TPSA) is 63.2 Å². The second-order valence-corrected chi connectivity index (χ2v) is 8.90. The molecule has 1 amide bonds. The van der Waals surface area contributed by atoms with E-state index in [1.165, 1.54) is 19.1 Å². The highest BCUT2D eigenvalue weighted by Gasteiger charge is 2.35. The number of benzene rings is 1. The predicted octanol–water partition coefficient (Wildman–Crippen LogP) is 2.58. The minimum atomic E-state index is -3.41. The summed E-state index contributed by atoms with van der Waals surface area (Å²) in [7, 11) is -3.41. The third-order valence-electron chi connectivity index (χ3n) is 4.88. The van der Waals surface area contributed by atoms with E-state index in [1.807, 2.05) is 0 Å². The van der Waals surface area contributed by atoms with Crippen molar-refractivity contribution < 1.29 is 17.6 Å². The van der Waals surface area contributed by atoms with Gasteiger partial charge in [-0.1, -0.05) is 31.4 Å². The second kappa shape index (κ2) is 6.99. The summed E-state index contributed by atoms with van der Waals surface area (Å²) in [5.74, 6) is -0.756. The quantitative estimate of drug-likeness (QED) is 0.895. The zero-order valence-corrected chi connectivity index (χ0v) is 14.5. The Morgan fingerprint density at radius 2 is 1.78 bits per heavy atom. The fraction of sp³-hybridized carbons (Fsp3) is 0.588. The van der Waals surface area contributed by atoms with Crippen LogP contribution >= 0.6 is 0 Å². The number of amides is 1. The molecule has 1 saturated carbocycles. The zero-order chi connectivity index (χ0) is 17.1. The molecule has 0 heterocycles. The van der Waals surface area contributed by atoms with Gasteiger partial charge in [-0.2, -0.15) is 0 Å². The van der Waals surface area contributed by atoms with Crippen molar-refractivity contribution in [2.45, 2.75) is 49.7 Å². The molecular weight excluding hydrogens is 317 g/mol. The van der Waals surface area contributed by atoms with E-state index < -0.39 is 21.0 Å². The third-order valence-corrected chi connectivity index (χ3v) is 6.38. The van der Waals surface area contributed by atoms with Crippen LogP contribution in [-0.2, 0) is 20.0 Å². The second-order valence-electron chi connectivity index (χ2n) is 6.54. The Bertz CT molecular complexity index is 649. The van der Waals surface area contributed by atoms with Crippen LogP contribution in [0.5, 0.6) is 0 Å². The van der Waals surface area contributed by atoms with Gasteiger partial charge in [0.2, 0.25) is 5.91 Å². The van der Waals surface area contributed by atoms with E-state index in [4.69, 9.17) is 0 Å². The van der Waals surface area contributed by atoms with Gasteiger partial charge in [-0.25, -0.2) is 12.8 Å². The number of halogens is 1. The van der Waals surface area contributed by atoms with Gasteiger partial charge in [0.05, 0.1) is 0 Å². The fourth-order valence-electron chi connectivity index (χ4n) is 3.19. The van der Waals surface area contributed by atoms with E-state index in [0.29, 0.717) is 6.54 Å². The molecule has 1 fully saturated rings. The highest BCUT2D eigenvalue weighted by atomic mass is 32.2. The molecule has 128 valence electrons. The van der Waals surface area contributed by atoms with E-state index in [9.17, 15) is 17.6 Å². The van der Waals surface area contributed by atoms with Crippen molar-refractivity contribution in [1.29, 1.82) is 0 Å². The molecule has 0 radical (unpaired) electrons. The Balaban J connectivity index is 2.16. The first kappa shape index (κ1) is 17.9. The van der Waals surface area contributed by atoms with Gasteiger partial charge in [0, 0.05) is 18.2 Å². The van der Waals surface area contributed by atoms with Crippen LogP contribution in [0.2, 0.25) is 0 Å². The normalized spacial score (nSPS) is 19.1. The molecule has 0 saturated heterocycles. The van der Waals surface area contributed by atoms with Gasteiger partial charge in [-0.05, 0) is 37.5 Å². The van der Waals surface area contributed by atoms with Crippen LogP contribution in [0.15, 0.2) is 24.3 Å². The van der Waals surface area contributed by atoms with Crippen LogP contribution in [0.3, 0.4) is 0 Å². The Hall–Kier alpha value is -1.43. The first-order valence-corrected chi connectivity index (χ1v) is 9.93. The van der Waals surface area contributed by atoms with Crippen LogP contribution < -0.4 is 5.32 Å². The van der Waals surface area contributed by atoms with Gasteiger partial charge >= 0.3 is 0 Å². The average Bonchev–Trinajstić information content (AvgIpc) is 2.52. The number of carbonyl (C=O) groups excluding carboxylic acids is 1. The molecule has 0 aromatic heterocycles. The molecule has 1 aromatic carbocycles. The van der Waals surface area contributed by atoms with Crippen molar-refractivity contribution >= 4 is 15.7 Å². The van der Waals surface area contributed by atoms with Gasteiger partial charge in [0.15, 0.2) is 9.84 Å². The summed E-state index contributed by atoms with van der Waals surface area (Å²) >= 11 is 0. The Kier molecular flexibility index (Phi) is 5.45. The van der Waals surface area contributed by atoms with E-state index in [0.717, 1.165) is 43.9 Å². The number of hydrogen-bond acceptors (Lipinski definition) is 3. The number of hydrogen-bond donors (Lipinski definition) is 1. The van der Waals surface area contributed by atoms with Crippen LogP contribution in [-0.4, -0.2) is 32.4 Å². The van der Waals surface area contributed by atoms with E-state index in [1.54, 1.807) is 12.1 Å². The Labute approximate surface area is 137 Å². The largest absolute Gasteiger partial charge is 0.354 e. The predicted molar refractivity (Wildman–Crippen MR) is 88.5 cm³/mol. The van der Waals surface area contributed by atoms with E-state index in [2.05, 4.69) is 5.32 Å². The summed E-state index contributed by atoms with van der Waals surface area (Å²) in [6, 6.07) is 6.42. The van der Waals surface area contributed by atoms with Gasteiger partial charge < -0.3 is 5.32 Å². The molecule has 1 N–H and O–H groups in total. The fourth-order valence-corrected chi connectivity index (χ4v) is 3.67. The first-order chi connectivity index (χ1) is 10.7. The molecule has 1 aliphatic carbocycles. The SMILES string of the molecule is C[C@H](C(=O)NCC1(c2ccc(F)cc2)CCCCC1)S(C)(=O)=O. The summed E-state index contributed by atoms with van der Waals surface area (Å²) in [4.78, 5) is 12.1. The number of carbonyl (C=O) groups is 1.